The van der Waals surface area contributed by atoms with E-state index in [1.807, 2.05) is 0 Å². The summed E-state index contributed by atoms with van der Waals surface area (Å²) in [6, 6.07) is 4.85. The van der Waals surface area contributed by atoms with Crippen molar-refractivity contribution in [1.82, 2.24) is 4.98 Å². The number of aromatic nitrogens is 1. The highest BCUT2D eigenvalue weighted by molar-refractivity contribution is 6.40. The second kappa shape index (κ2) is 6.19. The van der Waals surface area contributed by atoms with E-state index in [4.69, 9.17) is 52.1 Å². The van der Waals surface area contributed by atoms with Crippen molar-refractivity contribution in [2.75, 3.05) is 0 Å². The maximum Gasteiger partial charge on any atom is 0.251 e. The van der Waals surface area contributed by atoms with Crippen LogP contribution in [0.15, 0.2) is 24.4 Å². The molecule has 0 spiro atoms. The van der Waals surface area contributed by atoms with E-state index >= 15 is 0 Å². The summed E-state index contributed by atoms with van der Waals surface area (Å²) in [6.45, 7) is 0. The quantitative estimate of drug-likeness (QED) is 0.893. The predicted octanol–water partition coefficient (Wildman–Crippen LogP) is 4.38. The van der Waals surface area contributed by atoms with Crippen molar-refractivity contribution >= 4 is 52.3 Å². The van der Waals surface area contributed by atoms with Gasteiger partial charge in [-0.2, -0.15) is 0 Å². The molecule has 1 amide bonds. The zero-order chi connectivity index (χ0) is 14.9. The van der Waals surface area contributed by atoms with E-state index < -0.39 is 5.91 Å². The molecule has 0 bridgehead atoms. The molecule has 104 valence electrons. The van der Waals surface area contributed by atoms with Crippen molar-refractivity contribution in [1.29, 1.82) is 0 Å². The molecule has 0 aliphatic heterocycles. The Bertz CT molecular complexity index is 688. The van der Waals surface area contributed by atoms with E-state index in [1.165, 1.54) is 6.20 Å². The van der Waals surface area contributed by atoms with Gasteiger partial charge in [-0.3, -0.25) is 9.78 Å². The number of carbonyl (C=O) groups excluding carboxylic acids is 1. The number of benzene rings is 1. The van der Waals surface area contributed by atoms with E-state index in [0.717, 1.165) is 0 Å². The number of rotatable bonds is 3. The molecule has 0 saturated carbocycles. The molecule has 7 heteroatoms. The third-order valence-corrected chi connectivity index (χ3v) is 3.94. The number of nitrogens with two attached hydrogens (primary N) is 1. The Kier molecular flexibility index (Phi) is 4.76. The van der Waals surface area contributed by atoms with Crippen LogP contribution in [0.25, 0.3) is 0 Å². The van der Waals surface area contributed by atoms with E-state index in [1.54, 1.807) is 18.2 Å². The van der Waals surface area contributed by atoms with Gasteiger partial charge in [0, 0.05) is 12.6 Å². The molecule has 2 rings (SSSR count). The van der Waals surface area contributed by atoms with Crippen molar-refractivity contribution in [3.63, 3.8) is 0 Å². The third-order valence-electron chi connectivity index (χ3n) is 2.66. The number of primary amides is 1. The van der Waals surface area contributed by atoms with Gasteiger partial charge in [-0.25, -0.2) is 0 Å². The number of hydrogen-bond donors (Lipinski definition) is 1. The monoisotopic (exact) mass is 348 g/mol. The molecule has 0 radical (unpaired) electrons. The van der Waals surface area contributed by atoms with Crippen LogP contribution < -0.4 is 5.73 Å². The SMILES string of the molecule is NC(=O)c1c(Cl)ccc(Cc2ncc(Cl)cc2Cl)c1Cl. The van der Waals surface area contributed by atoms with Gasteiger partial charge in [-0.05, 0) is 17.7 Å². The van der Waals surface area contributed by atoms with Crippen LogP contribution in [-0.4, -0.2) is 10.9 Å². The molecule has 2 aromatic rings. The predicted molar refractivity (Wildman–Crippen MR) is 82.0 cm³/mol. The van der Waals surface area contributed by atoms with Gasteiger partial charge in [0.2, 0.25) is 0 Å². The highest BCUT2D eigenvalue weighted by Crippen LogP contribution is 2.30. The van der Waals surface area contributed by atoms with Crippen LogP contribution in [-0.2, 0) is 6.42 Å². The fraction of sp³-hybridized carbons (Fsp3) is 0.0769. The second-order valence-corrected chi connectivity index (χ2v) is 5.65. The van der Waals surface area contributed by atoms with Crippen LogP contribution in [0.3, 0.4) is 0 Å². The number of carbonyl (C=O) groups is 1. The van der Waals surface area contributed by atoms with Gasteiger partial charge in [-0.1, -0.05) is 52.5 Å². The summed E-state index contributed by atoms with van der Waals surface area (Å²) in [7, 11) is 0. The van der Waals surface area contributed by atoms with E-state index in [-0.39, 0.29) is 15.6 Å². The molecule has 1 aromatic heterocycles. The number of pyridine rings is 1. The highest BCUT2D eigenvalue weighted by Gasteiger charge is 2.16. The van der Waals surface area contributed by atoms with Crippen LogP contribution in [0.2, 0.25) is 20.1 Å². The molecule has 2 N–H and O–H groups in total. The minimum atomic E-state index is -0.683. The summed E-state index contributed by atoms with van der Waals surface area (Å²) in [5, 5.41) is 1.28. The summed E-state index contributed by atoms with van der Waals surface area (Å²) in [6.07, 6.45) is 1.83. The van der Waals surface area contributed by atoms with Crippen molar-refractivity contribution < 1.29 is 4.79 Å². The van der Waals surface area contributed by atoms with Crippen molar-refractivity contribution in [2.24, 2.45) is 5.73 Å². The molecule has 20 heavy (non-hydrogen) atoms. The van der Waals surface area contributed by atoms with E-state index in [0.29, 0.717) is 27.7 Å². The molecule has 0 aliphatic rings. The molecule has 0 unspecified atom stereocenters. The minimum absolute atomic E-state index is 0.0934. The summed E-state index contributed by atoms with van der Waals surface area (Å²) in [5.74, 6) is -0.683. The number of amides is 1. The van der Waals surface area contributed by atoms with Crippen LogP contribution in [0.4, 0.5) is 0 Å². The Morgan fingerprint density at radius 1 is 1.15 bits per heavy atom. The van der Waals surface area contributed by atoms with Crippen molar-refractivity contribution in [3.05, 3.63) is 61.3 Å². The van der Waals surface area contributed by atoms with Gasteiger partial charge in [0.25, 0.3) is 5.91 Å². The first-order valence-electron chi connectivity index (χ1n) is 5.46. The Morgan fingerprint density at radius 2 is 1.85 bits per heavy atom. The second-order valence-electron chi connectivity index (χ2n) is 4.02. The van der Waals surface area contributed by atoms with Crippen molar-refractivity contribution in [2.45, 2.75) is 6.42 Å². The van der Waals surface area contributed by atoms with Gasteiger partial charge in [-0.15, -0.1) is 0 Å². The molecule has 1 heterocycles. The van der Waals surface area contributed by atoms with E-state index in [2.05, 4.69) is 4.98 Å². The maximum atomic E-state index is 11.4. The first-order chi connectivity index (χ1) is 9.40. The van der Waals surface area contributed by atoms with E-state index in [9.17, 15) is 4.79 Å². The lowest BCUT2D eigenvalue weighted by atomic mass is 10.1. The summed E-state index contributed by atoms with van der Waals surface area (Å²) >= 11 is 23.9. The number of nitrogens with zero attached hydrogens (tertiary/aromatic N) is 1. The van der Waals surface area contributed by atoms with Gasteiger partial charge in [0.15, 0.2) is 0 Å². The highest BCUT2D eigenvalue weighted by atomic mass is 35.5. The summed E-state index contributed by atoms with van der Waals surface area (Å²) < 4.78 is 0. The summed E-state index contributed by atoms with van der Waals surface area (Å²) in [5.41, 5.74) is 6.60. The average molecular weight is 350 g/mol. The lowest BCUT2D eigenvalue weighted by molar-refractivity contribution is 0.100. The van der Waals surface area contributed by atoms with Crippen LogP contribution in [0.1, 0.15) is 21.6 Å². The van der Waals surface area contributed by atoms with Crippen molar-refractivity contribution in [3.8, 4) is 0 Å². The van der Waals surface area contributed by atoms with Gasteiger partial charge in [0.1, 0.15) is 0 Å². The normalized spacial score (nSPS) is 10.6. The smallest absolute Gasteiger partial charge is 0.251 e. The van der Waals surface area contributed by atoms with Crippen LogP contribution in [0, 0.1) is 0 Å². The fourth-order valence-corrected chi connectivity index (χ4v) is 2.78. The first-order valence-corrected chi connectivity index (χ1v) is 6.98. The lowest BCUT2D eigenvalue weighted by Gasteiger charge is -2.10. The van der Waals surface area contributed by atoms with Gasteiger partial charge in [0.05, 0.1) is 31.3 Å². The van der Waals surface area contributed by atoms with Crippen LogP contribution in [0.5, 0.6) is 0 Å². The zero-order valence-electron chi connectivity index (χ0n) is 9.96. The fourth-order valence-electron chi connectivity index (χ4n) is 1.71. The average Bonchev–Trinajstić information content (AvgIpc) is 2.35. The summed E-state index contributed by atoms with van der Waals surface area (Å²) in [4.78, 5) is 15.5. The molecular weight excluding hydrogens is 342 g/mol. The zero-order valence-corrected chi connectivity index (χ0v) is 13.0. The Labute approximate surface area is 135 Å². The molecular formula is C13H8Cl4N2O. The molecule has 1 aromatic carbocycles. The topological polar surface area (TPSA) is 56.0 Å². The third kappa shape index (κ3) is 3.18. The maximum absolute atomic E-state index is 11.4. The lowest BCUT2D eigenvalue weighted by Crippen LogP contribution is -2.13. The van der Waals surface area contributed by atoms with Crippen LogP contribution >= 0.6 is 46.4 Å². The Hall–Kier alpha value is -1.000. The molecule has 0 aliphatic carbocycles. The molecule has 3 nitrogen and oxygen atoms in total. The van der Waals surface area contributed by atoms with Gasteiger partial charge >= 0.3 is 0 Å². The number of hydrogen-bond acceptors (Lipinski definition) is 2. The minimum Gasteiger partial charge on any atom is -0.366 e. The Balaban J connectivity index is 2.44. The van der Waals surface area contributed by atoms with Gasteiger partial charge < -0.3 is 5.73 Å². The molecule has 0 saturated heterocycles. The number of halogens is 4. The largest absolute Gasteiger partial charge is 0.366 e. The Morgan fingerprint density at radius 3 is 2.45 bits per heavy atom. The molecule has 0 atom stereocenters. The standard InChI is InChI=1S/C13H8Cl4N2O/c14-7-4-9(16)10(19-5-7)3-6-1-2-8(15)11(12(6)17)13(18)20/h1-2,4-5H,3H2,(H2,18,20). The molecule has 0 fully saturated rings. The first kappa shape index (κ1) is 15.4.